The van der Waals surface area contributed by atoms with Crippen molar-refractivity contribution >= 4 is 5.90 Å². The minimum absolute atomic E-state index is 0.0589. The summed E-state index contributed by atoms with van der Waals surface area (Å²) in [6.45, 7) is 4.93. The van der Waals surface area contributed by atoms with Crippen LogP contribution in [0.3, 0.4) is 0 Å². The highest BCUT2D eigenvalue weighted by atomic mass is 16.5. The number of rotatable bonds is 1. The van der Waals surface area contributed by atoms with Crippen LogP contribution in [0.5, 0.6) is 0 Å². The zero-order chi connectivity index (χ0) is 11.2. The SMILES string of the molecule is CC1(C)COC(c2cccc3c2CCC3)=N1. The third-order valence-electron chi connectivity index (χ3n) is 3.34. The molecule has 0 fully saturated rings. The normalized spacial score (nSPS) is 21.5. The van der Waals surface area contributed by atoms with E-state index < -0.39 is 0 Å². The van der Waals surface area contributed by atoms with Gasteiger partial charge in [0.1, 0.15) is 6.61 Å². The Morgan fingerprint density at radius 3 is 2.88 bits per heavy atom. The molecule has 1 aromatic carbocycles. The Bertz CT molecular complexity index is 460. The first-order valence-electron chi connectivity index (χ1n) is 5.99. The molecule has 2 nitrogen and oxygen atoms in total. The average molecular weight is 215 g/mol. The van der Waals surface area contributed by atoms with Crippen molar-refractivity contribution in [2.45, 2.75) is 38.6 Å². The van der Waals surface area contributed by atoms with Crippen molar-refractivity contribution in [2.24, 2.45) is 4.99 Å². The van der Waals surface area contributed by atoms with Gasteiger partial charge in [-0.05, 0) is 50.3 Å². The third-order valence-corrected chi connectivity index (χ3v) is 3.34. The van der Waals surface area contributed by atoms with E-state index in [-0.39, 0.29) is 5.54 Å². The van der Waals surface area contributed by atoms with E-state index in [4.69, 9.17) is 4.74 Å². The number of benzene rings is 1. The highest BCUT2D eigenvalue weighted by molar-refractivity contribution is 5.97. The second kappa shape index (κ2) is 3.34. The molecule has 0 atom stereocenters. The molecule has 84 valence electrons. The molecule has 0 unspecified atom stereocenters. The van der Waals surface area contributed by atoms with Crippen molar-refractivity contribution in [3.8, 4) is 0 Å². The van der Waals surface area contributed by atoms with Gasteiger partial charge in [-0.2, -0.15) is 0 Å². The summed E-state index contributed by atoms with van der Waals surface area (Å²) >= 11 is 0. The average Bonchev–Trinajstić information content (AvgIpc) is 2.83. The molecule has 0 bridgehead atoms. The molecule has 0 saturated carbocycles. The topological polar surface area (TPSA) is 21.6 Å². The maximum absolute atomic E-state index is 5.73. The van der Waals surface area contributed by atoms with Crippen LogP contribution in [0.25, 0.3) is 0 Å². The van der Waals surface area contributed by atoms with Crippen molar-refractivity contribution in [2.75, 3.05) is 6.61 Å². The van der Waals surface area contributed by atoms with Crippen molar-refractivity contribution < 1.29 is 4.74 Å². The fraction of sp³-hybridized carbons (Fsp3) is 0.500. The molecule has 2 heteroatoms. The molecular weight excluding hydrogens is 198 g/mol. The minimum atomic E-state index is -0.0589. The van der Waals surface area contributed by atoms with E-state index in [1.807, 2.05) is 0 Å². The van der Waals surface area contributed by atoms with E-state index in [2.05, 4.69) is 37.0 Å². The van der Waals surface area contributed by atoms with Crippen molar-refractivity contribution in [1.29, 1.82) is 0 Å². The third kappa shape index (κ3) is 1.53. The van der Waals surface area contributed by atoms with E-state index in [1.165, 1.54) is 36.0 Å². The summed E-state index contributed by atoms with van der Waals surface area (Å²) in [4.78, 5) is 4.66. The first kappa shape index (κ1) is 9.88. The van der Waals surface area contributed by atoms with Crippen LogP contribution in [0.1, 0.15) is 37.0 Å². The summed E-state index contributed by atoms with van der Waals surface area (Å²) < 4.78 is 5.73. The molecule has 0 aromatic heterocycles. The van der Waals surface area contributed by atoms with Crippen molar-refractivity contribution in [1.82, 2.24) is 0 Å². The fourth-order valence-corrected chi connectivity index (χ4v) is 2.54. The first-order chi connectivity index (χ1) is 7.66. The molecule has 0 amide bonds. The lowest BCUT2D eigenvalue weighted by molar-refractivity contribution is 0.279. The zero-order valence-electron chi connectivity index (χ0n) is 9.92. The van der Waals surface area contributed by atoms with Gasteiger partial charge in [0.15, 0.2) is 0 Å². The fourth-order valence-electron chi connectivity index (χ4n) is 2.54. The molecule has 0 saturated heterocycles. The van der Waals surface area contributed by atoms with Gasteiger partial charge < -0.3 is 4.74 Å². The molecule has 0 spiro atoms. The van der Waals surface area contributed by atoms with Gasteiger partial charge >= 0.3 is 0 Å². The van der Waals surface area contributed by atoms with Gasteiger partial charge in [0, 0.05) is 5.56 Å². The monoisotopic (exact) mass is 215 g/mol. The lowest BCUT2D eigenvalue weighted by Crippen LogP contribution is -2.17. The second-order valence-electron chi connectivity index (χ2n) is 5.31. The number of nitrogens with zero attached hydrogens (tertiary/aromatic N) is 1. The Labute approximate surface area is 96.3 Å². The zero-order valence-corrected chi connectivity index (χ0v) is 9.92. The lowest BCUT2D eigenvalue weighted by Gasteiger charge is -2.07. The molecule has 16 heavy (non-hydrogen) atoms. The van der Waals surface area contributed by atoms with Crippen LogP contribution in [0.15, 0.2) is 23.2 Å². The summed E-state index contributed by atoms with van der Waals surface area (Å²) in [5.41, 5.74) is 4.10. The largest absolute Gasteiger partial charge is 0.475 e. The smallest absolute Gasteiger partial charge is 0.217 e. The number of hydrogen-bond donors (Lipinski definition) is 0. The van der Waals surface area contributed by atoms with Crippen LogP contribution in [0.4, 0.5) is 0 Å². The molecular formula is C14H17NO. The summed E-state index contributed by atoms with van der Waals surface area (Å²) in [7, 11) is 0. The van der Waals surface area contributed by atoms with E-state index >= 15 is 0 Å². The van der Waals surface area contributed by atoms with Crippen LogP contribution in [0.2, 0.25) is 0 Å². The van der Waals surface area contributed by atoms with Gasteiger partial charge in [-0.25, -0.2) is 4.99 Å². The van der Waals surface area contributed by atoms with Gasteiger partial charge in [-0.1, -0.05) is 12.1 Å². The molecule has 1 heterocycles. The molecule has 0 N–H and O–H groups in total. The van der Waals surface area contributed by atoms with Gasteiger partial charge in [-0.3, -0.25) is 0 Å². The van der Waals surface area contributed by atoms with Crippen LogP contribution in [-0.2, 0) is 17.6 Å². The van der Waals surface area contributed by atoms with Crippen LogP contribution in [-0.4, -0.2) is 18.0 Å². The predicted molar refractivity (Wildman–Crippen MR) is 65.0 cm³/mol. The molecule has 1 aliphatic carbocycles. The quantitative estimate of drug-likeness (QED) is 0.706. The standard InChI is InChI=1S/C14H17NO/c1-14(2)9-16-13(15-14)12-8-4-6-10-5-3-7-11(10)12/h4,6,8H,3,5,7,9H2,1-2H3. The van der Waals surface area contributed by atoms with E-state index in [0.29, 0.717) is 6.61 Å². The van der Waals surface area contributed by atoms with Gasteiger partial charge in [0.2, 0.25) is 5.90 Å². The Kier molecular flexibility index (Phi) is 2.06. The number of hydrogen-bond acceptors (Lipinski definition) is 2. The number of aliphatic imine (C=N–C) groups is 1. The molecule has 1 aromatic rings. The van der Waals surface area contributed by atoms with Crippen LogP contribution < -0.4 is 0 Å². The van der Waals surface area contributed by atoms with E-state index in [1.54, 1.807) is 0 Å². The second-order valence-corrected chi connectivity index (χ2v) is 5.31. The van der Waals surface area contributed by atoms with Crippen LogP contribution >= 0.6 is 0 Å². The highest BCUT2D eigenvalue weighted by Gasteiger charge is 2.29. The summed E-state index contributed by atoms with van der Waals surface area (Å²) in [5, 5.41) is 0. The van der Waals surface area contributed by atoms with E-state index in [9.17, 15) is 0 Å². The maximum atomic E-state index is 5.73. The number of ether oxygens (including phenoxy) is 1. The number of aryl methyl sites for hydroxylation is 1. The number of fused-ring (bicyclic) bond motifs is 1. The molecule has 2 aliphatic rings. The predicted octanol–water partition coefficient (Wildman–Crippen LogP) is 2.73. The highest BCUT2D eigenvalue weighted by Crippen LogP contribution is 2.29. The van der Waals surface area contributed by atoms with Gasteiger partial charge in [0.25, 0.3) is 0 Å². The van der Waals surface area contributed by atoms with Crippen LogP contribution in [0, 0.1) is 0 Å². The summed E-state index contributed by atoms with van der Waals surface area (Å²) in [5.74, 6) is 0.851. The molecule has 0 radical (unpaired) electrons. The molecule has 1 aliphatic heterocycles. The summed E-state index contributed by atoms with van der Waals surface area (Å²) in [6, 6.07) is 6.49. The summed E-state index contributed by atoms with van der Waals surface area (Å²) in [6.07, 6.45) is 3.65. The van der Waals surface area contributed by atoms with Crippen molar-refractivity contribution in [3.63, 3.8) is 0 Å². The Hall–Kier alpha value is -1.31. The lowest BCUT2D eigenvalue weighted by atomic mass is 10.0. The molecule has 3 rings (SSSR count). The van der Waals surface area contributed by atoms with E-state index in [0.717, 1.165) is 5.90 Å². The minimum Gasteiger partial charge on any atom is -0.475 e. The Balaban J connectivity index is 2.05. The Morgan fingerprint density at radius 1 is 1.25 bits per heavy atom. The maximum Gasteiger partial charge on any atom is 0.217 e. The first-order valence-corrected chi connectivity index (χ1v) is 5.99. The van der Waals surface area contributed by atoms with Crippen molar-refractivity contribution in [3.05, 3.63) is 34.9 Å². The Morgan fingerprint density at radius 2 is 2.12 bits per heavy atom. The van der Waals surface area contributed by atoms with Gasteiger partial charge in [0.05, 0.1) is 5.54 Å². The van der Waals surface area contributed by atoms with Gasteiger partial charge in [-0.15, -0.1) is 0 Å².